The highest BCUT2D eigenvalue weighted by atomic mass is 16.3. The summed E-state index contributed by atoms with van der Waals surface area (Å²) in [5.74, 6) is 0. The molecule has 0 aliphatic rings. The topological polar surface area (TPSA) is 38.9 Å². The lowest BCUT2D eigenvalue weighted by Crippen LogP contribution is -1.81. The third-order valence-corrected chi connectivity index (χ3v) is 2.32. The molecule has 0 N–H and O–H groups in total. The number of aromatic nitrogens is 2. The second-order valence-electron chi connectivity index (χ2n) is 3.23. The molecule has 72 valence electrons. The predicted octanol–water partition coefficient (Wildman–Crippen LogP) is 2.89. The molecule has 0 aliphatic carbocycles. The zero-order chi connectivity index (χ0) is 10.1. The Bertz CT molecular complexity index is 587. The first kappa shape index (κ1) is 8.17. The van der Waals surface area contributed by atoms with Gasteiger partial charge in [-0.05, 0) is 11.6 Å². The van der Waals surface area contributed by atoms with Gasteiger partial charge in [-0.1, -0.05) is 30.3 Å². The first-order chi connectivity index (χ1) is 7.45. The second kappa shape index (κ2) is 3.20. The highest BCUT2D eigenvalue weighted by Gasteiger charge is 2.06. The molecule has 0 saturated heterocycles. The predicted molar refractivity (Wildman–Crippen MR) is 57.2 cm³/mol. The third kappa shape index (κ3) is 1.29. The Morgan fingerprint density at radius 3 is 2.67 bits per heavy atom. The van der Waals surface area contributed by atoms with Crippen molar-refractivity contribution in [2.75, 3.05) is 0 Å². The fraction of sp³-hybridized carbons (Fsp3) is 0. The quantitative estimate of drug-likeness (QED) is 0.600. The minimum Gasteiger partial charge on any atom is -0.425 e. The molecule has 0 amide bonds. The number of pyridine rings is 1. The number of hydrogen-bond donors (Lipinski definition) is 0. The molecule has 0 spiro atoms. The summed E-state index contributed by atoms with van der Waals surface area (Å²) in [4.78, 5) is 8.26. The Labute approximate surface area is 86.4 Å². The zero-order valence-electron chi connectivity index (χ0n) is 7.92. The van der Waals surface area contributed by atoms with Crippen molar-refractivity contribution in [2.45, 2.75) is 0 Å². The van der Waals surface area contributed by atoms with E-state index in [1.807, 2.05) is 36.4 Å². The fourth-order valence-corrected chi connectivity index (χ4v) is 1.63. The summed E-state index contributed by atoms with van der Waals surface area (Å²) in [5.41, 5.74) is 3.56. The van der Waals surface area contributed by atoms with E-state index in [-0.39, 0.29) is 0 Å². The maximum absolute atomic E-state index is 5.16. The number of hydrogen-bond acceptors (Lipinski definition) is 3. The normalized spacial score (nSPS) is 10.7. The highest BCUT2D eigenvalue weighted by Crippen LogP contribution is 2.25. The summed E-state index contributed by atoms with van der Waals surface area (Å²) in [5, 5.41) is 0. The SMILES string of the molecule is c1ccc(-c2ccnc3ocnc23)cc1. The van der Waals surface area contributed by atoms with Gasteiger partial charge in [-0.2, -0.15) is 0 Å². The first-order valence-electron chi connectivity index (χ1n) is 4.69. The van der Waals surface area contributed by atoms with Crippen LogP contribution in [0.5, 0.6) is 0 Å². The Morgan fingerprint density at radius 2 is 1.80 bits per heavy atom. The fourth-order valence-electron chi connectivity index (χ4n) is 1.63. The summed E-state index contributed by atoms with van der Waals surface area (Å²) >= 11 is 0. The Kier molecular flexibility index (Phi) is 1.75. The van der Waals surface area contributed by atoms with Gasteiger partial charge in [0.2, 0.25) is 5.71 Å². The molecule has 0 bridgehead atoms. The van der Waals surface area contributed by atoms with Crippen molar-refractivity contribution in [1.82, 2.24) is 9.97 Å². The molecule has 1 aromatic carbocycles. The molecule has 3 heteroatoms. The summed E-state index contributed by atoms with van der Waals surface area (Å²) < 4.78 is 5.16. The Morgan fingerprint density at radius 1 is 0.933 bits per heavy atom. The lowest BCUT2D eigenvalue weighted by molar-refractivity contribution is 0.590. The van der Waals surface area contributed by atoms with Gasteiger partial charge in [0, 0.05) is 11.8 Å². The molecular weight excluding hydrogens is 188 g/mol. The van der Waals surface area contributed by atoms with E-state index in [1.165, 1.54) is 6.39 Å². The Balaban J connectivity index is 2.31. The molecule has 15 heavy (non-hydrogen) atoms. The van der Waals surface area contributed by atoms with Crippen molar-refractivity contribution in [1.29, 1.82) is 0 Å². The van der Waals surface area contributed by atoms with Crippen molar-refractivity contribution in [3.8, 4) is 11.1 Å². The summed E-state index contributed by atoms with van der Waals surface area (Å²) in [7, 11) is 0. The van der Waals surface area contributed by atoms with Gasteiger partial charge in [-0.25, -0.2) is 9.97 Å². The number of oxazole rings is 1. The molecule has 2 aromatic heterocycles. The van der Waals surface area contributed by atoms with Crippen LogP contribution >= 0.6 is 0 Å². The molecule has 0 aliphatic heterocycles. The van der Waals surface area contributed by atoms with Crippen LogP contribution < -0.4 is 0 Å². The Hall–Kier alpha value is -2.16. The number of nitrogens with zero attached hydrogens (tertiary/aromatic N) is 2. The molecule has 0 saturated carbocycles. The molecule has 0 fully saturated rings. The van der Waals surface area contributed by atoms with E-state index >= 15 is 0 Å². The van der Waals surface area contributed by atoms with Gasteiger partial charge >= 0.3 is 0 Å². The van der Waals surface area contributed by atoms with Gasteiger partial charge in [-0.15, -0.1) is 0 Å². The van der Waals surface area contributed by atoms with Crippen LogP contribution in [0, 0.1) is 0 Å². The molecule has 0 atom stereocenters. The summed E-state index contributed by atoms with van der Waals surface area (Å²) in [6.45, 7) is 0. The molecule has 0 unspecified atom stereocenters. The van der Waals surface area contributed by atoms with Crippen LogP contribution in [0.3, 0.4) is 0 Å². The monoisotopic (exact) mass is 196 g/mol. The maximum atomic E-state index is 5.16. The van der Waals surface area contributed by atoms with Gasteiger partial charge in [0.05, 0.1) is 0 Å². The van der Waals surface area contributed by atoms with Gasteiger partial charge < -0.3 is 4.42 Å². The smallest absolute Gasteiger partial charge is 0.247 e. The highest BCUT2D eigenvalue weighted by molar-refractivity contribution is 5.88. The number of benzene rings is 1. The van der Waals surface area contributed by atoms with Crippen LogP contribution in [0.25, 0.3) is 22.4 Å². The van der Waals surface area contributed by atoms with E-state index in [1.54, 1.807) is 6.20 Å². The lowest BCUT2D eigenvalue weighted by atomic mass is 10.1. The average molecular weight is 196 g/mol. The van der Waals surface area contributed by atoms with E-state index in [9.17, 15) is 0 Å². The standard InChI is InChI=1S/C12H8N2O/c1-2-4-9(5-3-1)10-6-7-13-12-11(10)14-8-15-12/h1-8H. The molecule has 3 rings (SSSR count). The van der Waals surface area contributed by atoms with Crippen molar-refractivity contribution in [3.05, 3.63) is 49.0 Å². The molecule has 2 heterocycles. The second-order valence-corrected chi connectivity index (χ2v) is 3.23. The number of rotatable bonds is 1. The van der Waals surface area contributed by atoms with Crippen molar-refractivity contribution < 1.29 is 4.42 Å². The van der Waals surface area contributed by atoms with E-state index < -0.39 is 0 Å². The summed E-state index contributed by atoms with van der Waals surface area (Å²) in [6.07, 6.45) is 3.15. The zero-order valence-corrected chi connectivity index (χ0v) is 7.92. The largest absolute Gasteiger partial charge is 0.425 e. The van der Waals surface area contributed by atoms with Crippen molar-refractivity contribution >= 4 is 11.2 Å². The van der Waals surface area contributed by atoms with Crippen LogP contribution in [-0.2, 0) is 0 Å². The first-order valence-corrected chi connectivity index (χ1v) is 4.69. The maximum Gasteiger partial charge on any atom is 0.247 e. The minimum atomic E-state index is 0.580. The lowest BCUT2D eigenvalue weighted by Gasteiger charge is -2.00. The molecule has 0 radical (unpaired) electrons. The van der Waals surface area contributed by atoms with Crippen LogP contribution in [-0.4, -0.2) is 9.97 Å². The summed E-state index contributed by atoms with van der Waals surface area (Å²) in [6, 6.07) is 12.0. The van der Waals surface area contributed by atoms with Crippen LogP contribution in [0.1, 0.15) is 0 Å². The molecule has 3 nitrogen and oxygen atoms in total. The van der Waals surface area contributed by atoms with Crippen LogP contribution in [0.15, 0.2) is 53.4 Å². The average Bonchev–Trinajstić information content (AvgIpc) is 2.78. The molecule has 3 aromatic rings. The molecular formula is C12H8N2O. The van der Waals surface area contributed by atoms with Gasteiger partial charge in [0.1, 0.15) is 5.52 Å². The van der Waals surface area contributed by atoms with Crippen LogP contribution in [0.2, 0.25) is 0 Å². The minimum absolute atomic E-state index is 0.580. The van der Waals surface area contributed by atoms with Gasteiger partial charge in [-0.3, -0.25) is 0 Å². The van der Waals surface area contributed by atoms with Crippen LogP contribution in [0.4, 0.5) is 0 Å². The van der Waals surface area contributed by atoms with Crippen molar-refractivity contribution in [2.24, 2.45) is 0 Å². The van der Waals surface area contributed by atoms with E-state index in [0.29, 0.717) is 5.71 Å². The van der Waals surface area contributed by atoms with E-state index in [0.717, 1.165) is 16.6 Å². The van der Waals surface area contributed by atoms with Crippen molar-refractivity contribution in [3.63, 3.8) is 0 Å². The number of fused-ring (bicyclic) bond motifs is 1. The van der Waals surface area contributed by atoms with Gasteiger partial charge in [0.15, 0.2) is 6.39 Å². The third-order valence-electron chi connectivity index (χ3n) is 2.32. The van der Waals surface area contributed by atoms with E-state index in [2.05, 4.69) is 9.97 Å². The van der Waals surface area contributed by atoms with E-state index in [4.69, 9.17) is 4.42 Å². The van der Waals surface area contributed by atoms with Gasteiger partial charge in [0.25, 0.3) is 0 Å².